The third-order valence-corrected chi connectivity index (χ3v) is 3.00. The predicted octanol–water partition coefficient (Wildman–Crippen LogP) is 4.35. The SMILES string of the molecule is Cc1ccc(CC(Br)CC(C)C)cc1. The van der Waals surface area contributed by atoms with Crippen LogP contribution >= 0.6 is 15.9 Å². The minimum absolute atomic E-state index is 0.616. The average molecular weight is 255 g/mol. The fraction of sp³-hybridized carbons (Fsp3) is 0.538. The molecule has 1 aromatic rings. The number of hydrogen-bond acceptors (Lipinski definition) is 0. The van der Waals surface area contributed by atoms with Gasteiger partial charge in [-0.15, -0.1) is 0 Å². The molecule has 0 saturated carbocycles. The summed E-state index contributed by atoms with van der Waals surface area (Å²) in [7, 11) is 0. The largest absolute Gasteiger partial charge is 0.0887 e. The molecule has 0 aliphatic rings. The topological polar surface area (TPSA) is 0 Å². The minimum atomic E-state index is 0.616. The monoisotopic (exact) mass is 254 g/mol. The van der Waals surface area contributed by atoms with Crippen LogP contribution in [0.25, 0.3) is 0 Å². The highest BCUT2D eigenvalue weighted by molar-refractivity contribution is 9.09. The quantitative estimate of drug-likeness (QED) is 0.702. The van der Waals surface area contributed by atoms with Crippen LogP contribution in [0.2, 0.25) is 0 Å². The van der Waals surface area contributed by atoms with E-state index in [0.717, 1.165) is 12.3 Å². The second-order valence-corrected chi connectivity index (χ2v) is 5.71. The first-order valence-electron chi connectivity index (χ1n) is 5.27. The first-order chi connectivity index (χ1) is 6.58. The first-order valence-corrected chi connectivity index (χ1v) is 6.19. The molecule has 0 aliphatic carbocycles. The fourth-order valence-electron chi connectivity index (χ4n) is 1.57. The van der Waals surface area contributed by atoms with Crippen LogP contribution in [0.1, 0.15) is 31.4 Å². The Morgan fingerprint density at radius 2 is 1.71 bits per heavy atom. The van der Waals surface area contributed by atoms with Gasteiger partial charge in [0.2, 0.25) is 0 Å². The van der Waals surface area contributed by atoms with E-state index in [4.69, 9.17) is 0 Å². The lowest BCUT2D eigenvalue weighted by molar-refractivity contribution is 0.571. The molecular formula is C13H19Br. The fourth-order valence-corrected chi connectivity index (χ4v) is 2.70. The van der Waals surface area contributed by atoms with Crippen molar-refractivity contribution < 1.29 is 0 Å². The van der Waals surface area contributed by atoms with E-state index in [2.05, 4.69) is 61.0 Å². The van der Waals surface area contributed by atoms with Crippen LogP contribution in [-0.2, 0) is 6.42 Å². The zero-order chi connectivity index (χ0) is 10.6. The molecule has 0 amide bonds. The zero-order valence-corrected chi connectivity index (χ0v) is 10.8. The van der Waals surface area contributed by atoms with E-state index in [9.17, 15) is 0 Å². The molecule has 0 aromatic heterocycles. The summed E-state index contributed by atoms with van der Waals surface area (Å²) in [5, 5.41) is 0. The van der Waals surface area contributed by atoms with Crippen molar-refractivity contribution in [3.63, 3.8) is 0 Å². The molecule has 0 saturated heterocycles. The van der Waals surface area contributed by atoms with Gasteiger partial charge in [0.05, 0.1) is 0 Å². The van der Waals surface area contributed by atoms with Crippen LogP contribution in [-0.4, -0.2) is 4.83 Å². The molecule has 0 aliphatic heterocycles. The minimum Gasteiger partial charge on any atom is -0.0887 e. The summed E-state index contributed by atoms with van der Waals surface area (Å²) in [5.74, 6) is 0.768. The van der Waals surface area contributed by atoms with Crippen LogP contribution in [0.3, 0.4) is 0 Å². The summed E-state index contributed by atoms with van der Waals surface area (Å²) in [4.78, 5) is 0.616. The van der Waals surface area contributed by atoms with Gasteiger partial charge in [0.25, 0.3) is 0 Å². The van der Waals surface area contributed by atoms with Gasteiger partial charge >= 0.3 is 0 Å². The van der Waals surface area contributed by atoms with Crippen LogP contribution in [0.5, 0.6) is 0 Å². The third kappa shape index (κ3) is 4.28. The molecule has 1 rings (SSSR count). The molecule has 0 spiro atoms. The van der Waals surface area contributed by atoms with Gasteiger partial charge in [-0.05, 0) is 31.2 Å². The van der Waals surface area contributed by atoms with Crippen molar-refractivity contribution in [2.75, 3.05) is 0 Å². The van der Waals surface area contributed by atoms with Crippen molar-refractivity contribution in [2.24, 2.45) is 5.92 Å². The molecule has 0 nitrogen and oxygen atoms in total. The summed E-state index contributed by atoms with van der Waals surface area (Å²) in [6.45, 7) is 6.66. The van der Waals surface area contributed by atoms with Gasteiger partial charge < -0.3 is 0 Å². The number of aryl methyl sites for hydroxylation is 1. The molecule has 14 heavy (non-hydrogen) atoms. The van der Waals surface area contributed by atoms with Gasteiger partial charge in [0.1, 0.15) is 0 Å². The molecule has 1 heteroatoms. The highest BCUT2D eigenvalue weighted by atomic mass is 79.9. The smallest absolute Gasteiger partial charge is 0.0188 e. The van der Waals surface area contributed by atoms with Gasteiger partial charge in [-0.25, -0.2) is 0 Å². The summed E-state index contributed by atoms with van der Waals surface area (Å²) in [6, 6.07) is 8.82. The van der Waals surface area contributed by atoms with Crippen molar-refractivity contribution in [1.29, 1.82) is 0 Å². The molecule has 1 atom stereocenters. The first kappa shape index (κ1) is 11.8. The molecule has 78 valence electrons. The Morgan fingerprint density at radius 3 is 2.21 bits per heavy atom. The molecule has 0 radical (unpaired) electrons. The van der Waals surface area contributed by atoms with Crippen molar-refractivity contribution in [2.45, 2.75) is 38.4 Å². The van der Waals surface area contributed by atoms with E-state index in [1.807, 2.05) is 0 Å². The standard InChI is InChI=1S/C13H19Br/c1-10(2)8-13(14)9-12-6-4-11(3)5-7-12/h4-7,10,13H,8-9H2,1-3H3. The van der Waals surface area contributed by atoms with E-state index in [-0.39, 0.29) is 0 Å². The van der Waals surface area contributed by atoms with E-state index in [0.29, 0.717) is 4.83 Å². The Bertz CT molecular complexity index is 261. The van der Waals surface area contributed by atoms with E-state index < -0.39 is 0 Å². The maximum atomic E-state index is 3.73. The molecule has 0 fully saturated rings. The zero-order valence-electron chi connectivity index (χ0n) is 9.26. The van der Waals surface area contributed by atoms with Crippen molar-refractivity contribution in [3.8, 4) is 0 Å². The summed E-state index contributed by atoms with van der Waals surface area (Å²) in [6.07, 6.45) is 2.38. The van der Waals surface area contributed by atoms with E-state index in [1.54, 1.807) is 0 Å². The van der Waals surface area contributed by atoms with Crippen molar-refractivity contribution >= 4 is 15.9 Å². The summed E-state index contributed by atoms with van der Waals surface area (Å²) < 4.78 is 0. The predicted molar refractivity (Wildman–Crippen MR) is 67.1 cm³/mol. The number of alkyl halides is 1. The van der Waals surface area contributed by atoms with Gasteiger partial charge in [-0.1, -0.05) is 59.6 Å². The normalized spacial score (nSPS) is 13.2. The molecule has 0 N–H and O–H groups in total. The number of halogens is 1. The molecule has 1 aromatic carbocycles. The van der Waals surface area contributed by atoms with Crippen LogP contribution < -0.4 is 0 Å². The molecule has 0 bridgehead atoms. The summed E-state index contributed by atoms with van der Waals surface area (Å²) in [5.41, 5.74) is 2.77. The van der Waals surface area contributed by atoms with Gasteiger partial charge in [0, 0.05) is 4.83 Å². The average Bonchev–Trinajstić information content (AvgIpc) is 2.07. The molecule has 0 heterocycles. The Balaban J connectivity index is 2.47. The Morgan fingerprint density at radius 1 is 1.14 bits per heavy atom. The van der Waals surface area contributed by atoms with E-state index >= 15 is 0 Å². The van der Waals surface area contributed by atoms with Crippen molar-refractivity contribution in [3.05, 3.63) is 35.4 Å². The van der Waals surface area contributed by atoms with Crippen LogP contribution in [0.4, 0.5) is 0 Å². The lowest BCUT2D eigenvalue weighted by Crippen LogP contribution is -2.06. The maximum absolute atomic E-state index is 3.73. The Labute approximate surface area is 95.9 Å². The molecule has 1 unspecified atom stereocenters. The number of benzene rings is 1. The number of rotatable bonds is 4. The van der Waals surface area contributed by atoms with Crippen LogP contribution in [0.15, 0.2) is 24.3 Å². The Hall–Kier alpha value is -0.300. The second-order valence-electron chi connectivity index (χ2n) is 4.42. The maximum Gasteiger partial charge on any atom is 0.0188 e. The molecular weight excluding hydrogens is 236 g/mol. The van der Waals surface area contributed by atoms with E-state index in [1.165, 1.54) is 17.5 Å². The van der Waals surface area contributed by atoms with Crippen LogP contribution in [0, 0.1) is 12.8 Å². The highest BCUT2D eigenvalue weighted by Crippen LogP contribution is 2.18. The van der Waals surface area contributed by atoms with Gasteiger partial charge in [-0.3, -0.25) is 0 Å². The Kier molecular flexibility index (Phi) is 4.67. The lowest BCUT2D eigenvalue weighted by atomic mass is 10.0. The van der Waals surface area contributed by atoms with Gasteiger partial charge in [-0.2, -0.15) is 0 Å². The number of hydrogen-bond donors (Lipinski definition) is 0. The second kappa shape index (κ2) is 5.55. The van der Waals surface area contributed by atoms with Crippen molar-refractivity contribution in [1.82, 2.24) is 0 Å². The van der Waals surface area contributed by atoms with Gasteiger partial charge in [0.15, 0.2) is 0 Å². The summed E-state index contributed by atoms with van der Waals surface area (Å²) >= 11 is 3.73. The highest BCUT2D eigenvalue weighted by Gasteiger charge is 2.07. The third-order valence-electron chi connectivity index (χ3n) is 2.30. The lowest BCUT2D eigenvalue weighted by Gasteiger charge is -2.12.